The van der Waals surface area contributed by atoms with Gasteiger partial charge in [-0.05, 0) is 73.6 Å². The van der Waals surface area contributed by atoms with E-state index < -0.39 is 11.1 Å². The van der Waals surface area contributed by atoms with Crippen LogP contribution in [0.5, 0.6) is 0 Å². The summed E-state index contributed by atoms with van der Waals surface area (Å²) in [6.45, 7) is 0. The molecule has 2 aliphatic rings. The lowest BCUT2D eigenvalue weighted by molar-refractivity contribution is -0.106. The molecule has 0 radical (unpaired) electrons. The summed E-state index contributed by atoms with van der Waals surface area (Å²) in [6, 6.07) is 29.7. The molecule has 3 aromatic heterocycles. The molecule has 8 rings (SSSR count). The third-order valence-corrected chi connectivity index (χ3v) is 8.91. The van der Waals surface area contributed by atoms with Crippen LogP contribution >= 0.6 is 11.6 Å². The first-order chi connectivity index (χ1) is 19.9. The second kappa shape index (κ2) is 8.91. The SMILES string of the molecule is NC1(c2ccc(-c3nc4ccc5nnc(-c6ccc(Cl)cc6)n5c4nc3-c3ccccc3)cc2)CC(O)(C2CC2)C1. The Labute approximate surface area is 241 Å². The molecule has 0 spiro atoms. The Balaban J connectivity index is 1.26. The van der Waals surface area contributed by atoms with Crippen LogP contribution in [-0.4, -0.2) is 35.3 Å². The van der Waals surface area contributed by atoms with E-state index in [1.54, 1.807) is 0 Å². The summed E-state index contributed by atoms with van der Waals surface area (Å²) in [5.41, 5.74) is 13.1. The van der Waals surface area contributed by atoms with Crippen LogP contribution in [0, 0.1) is 5.92 Å². The van der Waals surface area contributed by atoms with Gasteiger partial charge in [-0.2, -0.15) is 0 Å². The molecule has 0 amide bonds. The van der Waals surface area contributed by atoms with E-state index in [-0.39, 0.29) is 0 Å². The summed E-state index contributed by atoms with van der Waals surface area (Å²) < 4.78 is 1.95. The topological polar surface area (TPSA) is 102 Å². The van der Waals surface area contributed by atoms with Crippen molar-refractivity contribution in [3.63, 3.8) is 0 Å². The molecule has 0 bridgehead atoms. The number of hydrogen-bond donors (Lipinski definition) is 2. The second-order valence-electron chi connectivity index (χ2n) is 11.5. The Morgan fingerprint density at radius 3 is 2.12 bits per heavy atom. The molecule has 0 atom stereocenters. The van der Waals surface area contributed by atoms with Gasteiger partial charge in [-0.25, -0.2) is 9.97 Å². The summed E-state index contributed by atoms with van der Waals surface area (Å²) in [6.07, 6.45) is 3.44. The van der Waals surface area contributed by atoms with Crippen molar-refractivity contribution in [2.24, 2.45) is 11.7 Å². The predicted octanol–water partition coefficient (Wildman–Crippen LogP) is 6.42. The van der Waals surface area contributed by atoms with Crippen molar-refractivity contribution >= 4 is 28.4 Å². The van der Waals surface area contributed by atoms with Crippen LogP contribution in [0.15, 0.2) is 91.0 Å². The molecular formula is C33H27ClN6O. The van der Waals surface area contributed by atoms with Gasteiger partial charge in [0.2, 0.25) is 0 Å². The van der Waals surface area contributed by atoms with Crippen molar-refractivity contribution in [2.45, 2.75) is 36.8 Å². The third-order valence-electron chi connectivity index (χ3n) is 8.66. The zero-order valence-electron chi connectivity index (χ0n) is 22.2. The van der Waals surface area contributed by atoms with E-state index in [0.717, 1.165) is 52.0 Å². The number of pyridine rings is 1. The Morgan fingerprint density at radius 1 is 0.756 bits per heavy atom. The summed E-state index contributed by atoms with van der Waals surface area (Å²) in [4.78, 5) is 10.4. The average Bonchev–Trinajstić information content (AvgIpc) is 3.76. The summed E-state index contributed by atoms with van der Waals surface area (Å²) in [5.74, 6) is 1.09. The summed E-state index contributed by atoms with van der Waals surface area (Å²) >= 11 is 6.14. The van der Waals surface area contributed by atoms with Crippen molar-refractivity contribution in [1.29, 1.82) is 0 Å². The maximum Gasteiger partial charge on any atom is 0.170 e. The van der Waals surface area contributed by atoms with E-state index in [4.69, 9.17) is 27.3 Å². The van der Waals surface area contributed by atoms with Crippen molar-refractivity contribution in [1.82, 2.24) is 24.6 Å². The number of rotatable bonds is 5. The maximum absolute atomic E-state index is 10.9. The molecule has 8 heteroatoms. The van der Waals surface area contributed by atoms with Gasteiger partial charge >= 0.3 is 0 Å². The lowest BCUT2D eigenvalue weighted by Crippen LogP contribution is -2.60. The van der Waals surface area contributed by atoms with E-state index in [2.05, 4.69) is 34.5 Å². The van der Waals surface area contributed by atoms with Crippen LogP contribution < -0.4 is 5.73 Å². The fourth-order valence-electron chi connectivity index (χ4n) is 6.38. The number of fused-ring (bicyclic) bond motifs is 3. The minimum atomic E-state index is -0.601. The van der Waals surface area contributed by atoms with Crippen molar-refractivity contribution in [2.75, 3.05) is 0 Å². The van der Waals surface area contributed by atoms with Gasteiger partial charge in [-0.15, -0.1) is 10.2 Å². The van der Waals surface area contributed by atoms with E-state index >= 15 is 0 Å². The van der Waals surface area contributed by atoms with Gasteiger partial charge in [-0.1, -0.05) is 66.2 Å². The predicted molar refractivity (Wildman–Crippen MR) is 160 cm³/mol. The number of nitrogens with zero attached hydrogens (tertiary/aromatic N) is 5. The fourth-order valence-corrected chi connectivity index (χ4v) is 6.51. The quantitative estimate of drug-likeness (QED) is 0.253. The van der Waals surface area contributed by atoms with Crippen molar-refractivity contribution < 1.29 is 5.11 Å². The molecule has 41 heavy (non-hydrogen) atoms. The highest BCUT2D eigenvalue weighted by Gasteiger charge is 2.58. The number of benzene rings is 3. The van der Waals surface area contributed by atoms with Crippen LogP contribution in [0.1, 0.15) is 31.2 Å². The van der Waals surface area contributed by atoms with Crippen molar-refractivity contribution in [3.8, 4) is 33.9 Å². The van der Waals surface area contributed by atoms with Gasteiger partial charge in [0.15, 0.2) is 17.1 Å². The first-order valence-corrected chi connectivity index (χ1v) is 14.3. The minimum Gasteiger partial charge on any atom is -0.389 e. The van der Waals surface area contributed by atoms with Crippen molar-refractivity contribution in [3.05, 3.63) is 102 Å². The molecule has 2 fully saturated rings. The van der Waals surface area contributed by atoms with E-state index in [9.17, 15) is 5.11 Å². The molecule has 0 aliphatic heterocycles. The Kier molecular flexibility index (Phi) is 5.35. The number of halogens is 1. The van der Waals surface area contributed by atoms with Crippen LogP contribution in [-0.2, 0) is 5.54 Å². The van der Waals surface area contributed by atoms with E-state index in [1.165, 1.54) is 0 Å². The Bertz CT molecular complexity index is 1930. The zero-order valence-corrected chi connectivity index (χ0v) is 23.0. The van der Waals surface area contributed by atoms with Gasteiger partial charge < -0.3 is 10.8 Å². The zero-order chi connectivity index (χ0) is 27.8. The molecule has 0 saturated heterocycles. The summed E-state index contributed by atoms with van der Waals surface area (Å²) in [7, 11) is 0. The van der Waals surface area contributed by atoms with Gasteiger partial charge in [0.25, 0.3) is 0 Å². The van der Waals surface area contributed by atoms with E-state index in [0.29, 0.717) is 40.9 Å². The molecule has 202 valence electrons. The molecular weight excluding hydrogens is 532 g/mol. The minimum absolute atomic E-state index is 0.414. The highest BCUT2D eigenvalue weighted by atomic mass is 35.5. The highest BCUT2D eigenvalue weighted by Crippen LogP contribution is 2.57. The Morgan fingerprint density at radius 2 is 1.41 bits per heavy atom. The van der Waals surface area contributed by atoms with Crippen LogP contribution in [0.3, 0.4) is 0 Å². The van der Waals surface area contributed by atoms with Crippen LogP contribution in [0.4, 0.5) is 0 Å². The monoisotopic (exact) mass is 558 g/mol. The number of nitrogens with two attached hydrogens (primary N) is 1. The maximum atomic E-state index is 10.9. The average molecular weight is 559 g/mol. The molecule has 3 heterocycles. The first-order valence-electron chi connectivity index (χ1n) is 13.9. The van der Waals surface area contributed by atoms with Crippen LogP contribution in [0.2, 0.25) is 5.02 Å². The molecule has 6 aromatic rings. The van der Waals surface area contributed by atoms with Gasteiger partial charge in [0.1, 0.15) is 5.52 Å². The Hall–Kier alpha value is -4.17. The largest absolute Gasteiger partial charge is 0.389 e. The molecule has 7 nitrogen and oxygen atoms in total. The van der Waals surface area contributed by atoms with E-state index in [1.807, 2.05) is 71.1 Å². The first kappa shape index (κ1) is 24.6. The molecule has 2 aliphatic carbocycles. The third kappa shape index (κ3) is 4.03. The van der Waals surface area contributed by atoms with Gasteiger partial charge in [0, 0.05) is 27.3 Å². The van der Waals surface area contributed by atoms with Gasteiger partial charge in [0.05, 0.1) is 17.0 Å². The lowest BCUT2D eigenvalue weighted by Gasteiger charge is -2.52. The lowest BCUT2D eigenvalue weighted by atomic mass is 9.60. The molecule has 3 N–H and O–H groups in total. The molecule has 0 unspecified atom stereocenters. The molecule has 2 saturated carbocycles. The summed E-state index contributed by atoms with van der Waals surface area (Å²) in [5, 5.41) is 20.4. The normalized spacial score (nSPS) is 22.2. The second-order valence-corrected chi connectivity index (χ2v) is 12.0. The van der Waals surface area contributed by atoms with Crippen LogP contribution in [0.25, 0.3) is 50.7 Å². The number of aliphatic hydroxyl groups is 1. The standard InChI is InChI=1S/C33H27ClN6O/c34-25-14-8-22(9-15-25)30-39-38-27-17-16-26-31(40(27)30)37-29(20-4-2-1-3-5-20)28(36-26)21-6-10-23(11-7-21)32(35)18-33(41,19-32)24-12-13-24/h1-11,14-17,24,41H,12-13,18-19,35H2. The fraction of sp³-hybridized carbons (Fsp3) is 0.212. The van der Waals surface area contributed by atoms with Gasteiger partial charge in [-0.3, -0.25) is 4.40 Å². The number of hydrogen-bond acceptors (Lipinski definition) is 6. The number of aromatic nitrogens is 5. The smallest absolute Gasteiger partial charge is 0.170 e. The molecule has 3 aromatic carbocycles. The highest BCUT2D eigenvalue weighted by molar-refractivity contribution is 6.30.